The number of rotatable bonds is 12. The summed E-state index contributed by atoms with van der Waals surface area (Å²) >= 11 is 0. The van der Waals surface area contributed by atoms with Crippen molar-refractivity contribution >= 4 is 50.3 Å². The molecule has 1 aliphatic carbocycles. The van der Waals surface area contributed by atoms with Crippen LogP contribution in [0.5, 0.6) is 5.75 Å². The predicted molar refractivity (Wildman–Crippen MR) is 249 cm³/mol. The summed E-state index contributed by atoms with van der Waals surface area (Å²) in [4.78, 5) is 48.1. The first kappa shape index (κ1) is 45.0. The number of hydrogen-bond acceptors (Lipinski definition) is 13. The molecule has 7 unspecified atom stereocenters. The van der Waals surface area contributed by atoms with E-state index in [2.05, 4.69) is 16.4 Å². The Balaban J connectivity index is 1.16. The second kappa shape index (κ2) is 18.9. The average molecular weight is 895 g/mol. The van der Waals surface area contributed by atoms with Gasteiger partial charge in [0.2, 0.25) is 5.91 Å². The molecule has 4 aliphatic rings. The number of benzene rings is 2. The van der Waals surface area contributed by atoms with Crippen LogP contribution in [0, 0.1) is 11.8 Å². The molecule has 2 aromatic carbocycles. The lowest BCUT2D eigenvalue weighted by molar-refractivity contribution is -0.183. The van der Waals surface area contributed by atoms with Crippen LogP contribution in [0.15, 0.2) is 93.3 Å². The van der Waals surface area contributed by atoms with E-state index in [0.29, 0.717) is 84.0 Å². The van der Waals surface area contributed by atoms with Gasteiger partial charge in [-0.2, -0.15) is 0 Å². The molecule has 3 aliphatic heterocycles. The number of aliphatic hydroxyl groups is 2. The number of ether oxygens (including phenoxy) is 2. The van der Waals surface area contributed by atoms with E-state index in [1.54, 1.807) is 53.8 Å². The summed E-state index contributed by atoms with van der Waals surface area (Å²) in [5, 5.41) is 25.1. The van der Waals surface area contributed by atoms with Crippen molar-refractivity contribution in [3.63, 3.8) is 0 Å². The van der Waals surface area contributed by atoms with Gasteiger partial charge in [0.1, 0.15) is 17.2 Å². The Labute approximate surface area is 376 Å². The van der Waals surface area contributed by atoms with Gasteiger partial charge in [0.15, 0.2) is 11.2 Å². The first-order chi connectivity index (χ1) is 30.3. The minimum Gasteiger partial charge on any atom is -0.481 e. The van der Waals surface area contributed by atoms with Crippen molar-refractivity contribution in [1.29, 1.82) is 0 Å². The van der Waals surface area contributed by atoms with Gasteiger partial charge in [-0.15, -0.1) is 0 Å². The summed E-state index contributed by atoms with van der Waals surface area (Å²) in [6.07, 6.45) is 7.67. The van der Waals surface area contributed by atoms with Gasteiger partial charge in [0.25, 0.3) is 0 Å². The number of pyridine rings is 1. The number of aliphatic hydroxyl groups excluding tert-OH is 2. The SMILES string of the molecule is CC=C(C)C(=O)OC1(C)CC=C2CSSCC3C(CNC)CN3C(=O)Cc3cnc(N)cc3C2C12Cc1cc3cc(CC(CO)CCC(O)Cc4ccccc4)c(=O)oc3cc1O2. The maximum Gasteiger partial charge on any atom is 0.339 e. The summed E-state index contributed by atoms with van der Waals surface area (Å²) in [6.45, 7) is 6.85. The second-order valence-electron chi connectivity index (χ2n) is 17.9. The van der Waals surface area contributed by atoms with E-state index in [1.807, 2.05) is 67.4 Å². The van der Waals surface area contributed by atoms with Crippen LogP contribution in [0.2, 0.25) is 0 Å². The third kappa shape index (κ3) is 9.07. The van der Waals surface area contributed by atoms with E-state index in [4.69, 9.17) is 19.6 Å². The fourth-order valence-corrected chi connectivity index (χ4v) is 12.5. The lowest BCUT2D eigenvalue weighted by atomic mass is 9.61. The summed E-state index contributed by atoms with van der Waals surface area (Å²) in [6, 6.07) is 17.3. The number of amides is 1. The molecule has 12 nitrogen and oxygen atoms in total. The largest absolute Gasteiger partial charge is 0.481 e. The van der Waals surface area contributed by atoms with Crippen LogP contribution in [0.1, 0.15) is 73.8 Å². The zero-order chi connectivity index (χ0) is 44.5. The molecule has 5 N–H and O–H groups in total. The number of aromatic nitrogens is 1. The Morgan fingerprint density at radius 2 is 1.94 bits per heavy atom. The Bertz CT molecular complexity index is 2480. The van der Waals surface area contributed by atoms with Crippen molar-refractivity contribution in [2.24, 2.45) is 11.8 Å². The molecule has 63 heavy (non-hydrogen) atoms. The molecule has 1 spiro atoms. The minimum absolute atomic E-state index is 0.0270. The van der Waals surface area contributed by atoms with Gasteiger partial charge >= 0.3 is 11.6 Å². The normalized spacial score (nSPS) is 25.6. The standard InChI is InChI=1S/C49H58N4O8S2/c1-5-29(2)46(57)61-48(3)14-13-32-27-62-63-28-40-37(23-51-4)25-53(40)44(56)19-36-24-52-43(50)20-39(36)45(32)49(48)22-35-18-33-17-34(47(58)59-41(33)21-42(35)60-49)15-31(26-54)11-12-38(55)16-30-9-7-6-8-10-30/h5-10,13,17-18,20-21,24,31,37-38,40,45,51,54-55H,11-12,14-16,19,22-23,25-28H2,1-4H3,(H2,50,52). The molecule has 1 saturated heterocycles. The van der Waals surface area contributed by atoms with Crippen molar-refractivity contribution in [2.45, 2.75) is 95.0 Å². The van der Waals surface area contributed by atoms with E-state index in [0.717, 1.165) is 40.1 Å². The zero-order valence-corrected chi connectivity index (χ0v) is 38.1. The molecule has 14 heteroatoms. The highest BCUT2D eigenvalue weighted by molar-refractivity contribution is 8.76. The van der Waals surface area contributed by atoms with E-state index < -0.39 is 34.8 Å². The lowest BCUT2D eigenvalue weighted by Gasteiger charge is -2.52. The van der Waals surface area contributed by atoms with E-state index in [-0.39, 0.29) is 37.3 Å². The van der Waals surface area contributed by atoms with Crippen LogP contribution in [0.4, 0.5) is 5.82 Å². The fourth-order valence-electron chi connectivity index (χ4n) is 9.94. The van der Waals surface area contributed by atoms with Crippen molar-refractivity contribution in [2.75, 3.05) is 44.0 Å². The first-order valence-electron chi connectivity index (χ1n) is 21.9. The number of nitrogens with two attached hydrogens (primary N) is 1. The smallest absolute Gasteiger partial charge is 0.339 e. The molecule has 334 valence electrons. The van der Waals surface area contributed by atoms with Crippen LogP contribution in [-0.4, -0.2) is 93.6 Å². The molecule has 4 aromatic rings. The van der Waals surface area contributed by atoms with Crippen LogP contribution in [0.25, 0.3) is 11.0 Å². The third-order valence-corrected chi connectivity index (χ3v) is 16.0. The summed E-state index contributed by atoms with van der Waals surface area (Å²) in [5.41, 5.74) is 9.34. The van der Waals surface area contributed by atoms with E-state index in [1.165, 1.54) is 0 Å². The van der Waals surface area contributed by atoms with E-state index in [9.17, 15) is 24.6 Å². The number of hydrogen-bond donors (Lipinski definition) is 4. The molecule has 0 radical (unpaired) electrons. The van der Waals surface area contributed by atoms with Crippen LogP contribution >= 0.6 is 21.6 Å². The van der Waals surface area contributed by atoms with Gasteiger partial charge in [0, 0.05) is 84.8 Å². The van der Waals surface area contributed by atoms with Gasteiger partial charge in [0.05, 0.1) is 18.4 Å². The topological polar surface area (TPSA) is 177 Å². The Hall–Kier alpha value is -4.60. The molecular weight excluding hydrogens is 837 g/mol. The van der Waals surface area contributed by atoms with Gasteiger partial charge in [-0.05, 0) is 99.9 Å². The van der Waals surface area contributed by atoms with Crippen molar-refractivity contribution in [1.82, 2.24) is 15.2 Å². The maximum absolute atomic E-state index is 14.2. The van der Waals surface area contributed by atoms with Crippen LogP contribution < -0.4 is 21.4 Å². The average Bonchev–Trinajstić information content (AvgIpc) is 3.63. The number of esters is 1. The second-order valence-corrected chi connectivity index (χ2v) is 20.4. The van der Waals surface area contributed by atoms with Gasteiger partial charge in [-0.25, -0.2) is 14.6 Å². The Kier molecular flexibility index (Phi) is 13.5. The van der Waals surface area contributed by atoms with Crippen molar-refractivity contribution in [3.8, 4) is 5.75 Å². The minimum atomic E-state index is -1.22. The highest BCUT2D eigenvalue weighted by atomic mass is 33.1. The molecule has 2 aromatic heterocycles. The maximum atomic E-state index is 14.2. The number of carbonyl (C=O) groups excluding carboxylic acids is 2. The molecule has 0 saturated carbocycles. The van der Waals surface area contributed by atoms with Gasteiger partial charge in [-0.3, -0.25) is 4.79 Å². The van der Waals surface area contributed by atoms with Crippen molar-refractivity contribution in [3.05, 3.63) is 122 Å². The molecule has 0 bridgehead atoms. The lowest BCUT2D eigenvalue weighted by Crippen LogP contribution is -2.64. The van der Waals surface area contributed by atoms with Crippen LogP contribution in [0.3, 0.4) is 0 Å². The Morgan fingerprint density at radius 3 is 2.70 bits per heavy atom. The number of allylic oxidation sites excluding steroid dienone is 1. The number of nitrogens with one attached hydrogen (secondary N) is 1. The third-order valence-electron chi connectivity index (χ3n) is 13.7. The van der Waals surface area contributed by atoms with Crippen LogP contribution in [-0.2, 0) is 40.0 Å². The summed E-state index contributed by atoms with van der Waals surface area (Å²) in [5.74, 6) is 1.45. The quantitative estimate of drug-likeness (QED) is 0.0408. The van der Waals surface area contributed by atoms with Crippen molar-refractivity contribution < 1.29 is 33.7 Å². The summed E-state index contributed by atoms with van der Waals surface area (Å²) < 4.78 is 19.9. The molecular formula is C49H58N4O8S2. The molecule has 1 fully saturated rings. The summed E-state index contributed by atoms with van der Waals surface area (Å²) in [7, 11) is 5.46. The number of fused-ring (bicyclic) bond motifs is 7. The number of nitrogens with zero attached hydrogens (tertiary/aromatic N) is 2. The first-order valence-corrected chi connectivity index (χ1v) is 24.4. The van der Waals surface area contributed by atoms with Gasteiger partial charge in [-0.1, -0.05) is 69.6 Å². The molecule has 8 rings (SSSR count). The highest BCUT2D eigenvalue weighted by Gasteiger charge is 2.64. The molecule has 1 amide bonds. The Morgan fingerprint density at radius 1 is 1.13 bits per heavy atom. The molecule has 7 atom stereocenters. The molecule has 5 heterocycles. The zero-order valence-electron chi connectivity index (χ0n) is 36.4. The number of nitrogen functional groups attached to an aromatic ring is 1. The monoisotopic (exact) mass is 894 g/mol. The predicted octanol–water partition coefficient (Wildman–Crippen LogP) is 6.34. The highest BCUT2D eigenvalue weighted by Crippen LogP contribution is 2.58. The van der Waals surface area contributed by atoms with Gasteiger partial charge < -0.3 is 40.1 Å². The number of carbonyl (C=O) groups is 2. The van der Waals surface area contributed by atoms with E-state index >= 15 is 0 Å². The number of anilines is 1. The fraction of sp³-hybridized carbons (Fsp3) is 0.469.